The maximum Gasteiger partial charge on any atom is 0.357 e. The summed E-state index contributed by atoms with van der Waals surface area (Å²) in [6.07, 6.45) is 4.97. The van der Waals surface area contributed by atoms with E-state index < -0.39 is 11.9 Å². The van der Waals surface area contributed by atoms with Crippen LogP contribution in [0.15, 0.2) is 83.5 Å². The van der Waals surface area contributed by atoms with Crippen LogP contribution in [0.1, 0.15) is 41.9 Å². The van der Waals surface area contributed by atoms with E-state index in [4.69, 9.17) is 0 Å². The van der Waals surface area contributed by atoms with Crippen molar-refractivity contribution < 1.29 is 19.8 Å². The van der Waals surface area contributed by atoms with Crippen LogP contribution >= 0.6 is 0 Å². The average molecular weight is 480 g/mol. The van der Waals surface area contributed by atoms with Gasteiger partial charge < -0.3 is 15.1 Å². The van der Waals surface area contributed by atoms with Crippen molar-refractivity contribution in [3.63, 3.8) is 0 Å². The highest BCUT2D eigenvalue weighted by atomic mass is 16.4. The summed E-state index contributed by atoms with van der Waals surface area (Å²) in [6.45, 7) is 0.0169. The highest BCUT2D eigenvalue weighted by molar-refractivity contribution is 6.53. The van der Waals surface area contributed by atoms with E-state index in [0.717, 1.165) is 46.8 Å². The fraction of sp³-hybridized carbons (Fsp3) is 0.207. The molecule has 0 radical (unpaired) electrons. The lowest BCUT2D eigenvalue weighted by Crippen LogP contribution is -2.26. The Morgan fingerprint density at radius 2 is 1.78 bits per heavy atom. The number of carboxylic acid groups (broad SMARTS) is 1. The van der Waals surface area contributed by atoms with Crippen LogP contribution < -0.4 is 9.91 Å². The molecule has 1 aliphatic carbocycles. The van der Waals surface area contributed by atoms with Gasteiger partial charge >= 0.3 is 5.97 Å². The summed E-state index contributed by atoms with van der Waals surface area (Å²) in [7, 11) is 0. The van der Waals surface area contributed by atoms with Crippen molar-refractivity contribution in [1.29, 1.82) is 0 Å². The number of carboxylic acids is 1. The molecule has 1 amide bonds. The molecule has 3 aliphatic rings. The van der Waals surface area contributed by atoms with Gasteiger partial charge in [0.2, 0.25) is 0 Å². The van der Waals surface area contributed by atoms with Crippen molar-refractivity contribution in [3.05, 3.63) is 95.1 Å². The molecule has 180 valence electrons. The summed E-state index contributed by atoms with van der Waals surface area (Å²) < 4.78 is 0. The number of amides is 1. The van der Waals surface area contributed by atoms with Gasteiger partial charge in [-0.25, -0.2) is 4.79 Å². The van der Waals surface area contributed by atoms with E-state index in [1.807, 2.05) is 24.3 Å². The molecule has 0 bridgehead atoms. The zero-order chi connectivity index (χ0) is 24.8. The number of nitrogens with zero attached hydrogens (tertiary/aromatic N) is 3. The number of hydrogen-bond donors (Lipinski definition) is 2. The van der Waals surface area contributed by atoms with E-state index in [1.54, 1.807) is 30.3 Å². The number of carbonyl (C=O) groups is 2. The van der Waals surface area contributed by atoms with Crippen LogP contribution in [0, 0.1) is 0 Å². The topological polar surface area (TPSA) is 93.4 Å². The lowest BCUT2D eigenvalue weighted by Gasteiger charge is -2.27. The third-order valence-electron chi connectivity index (χ3n) is 7.31. The largest absolute Gasteiger partial charge is 0.476 e. The fourth-order valence-electron chi connectivity index (χ4n) is 5.68. The smallest absolute Gasteiger partial charge is 0.357 e. The molecular formula is C29H25N3O4. The lowest BCUT2D eigenvalue weighted by atomic mass is 9.95. The standard InChI is InChI=1S/C29H25N3O4/c33-17-18-9-12-20(13-10-18)31-25-8-4-7-22(25)23-15-19(11-14-26(23)31)16-24-27(29(35)36)30-32(28(24)34)21-5-2-1-3-6-21/h1-3,5-6,9-16,22,25,33H,4,7-8,17H2,(H,35,36). The number of aliphatic hydroxyl groups is 1. The molecular weight excluding hydrogens is 454 g/mol. The van der Waals surface area contributed by atoms with Gasteiger partial charge in [-0.2, -0.15) is 10.1 Å². The summed E-state index contributed by atoms with van der Waals surface area (Å²) in [6, 6.07) is 23.3. The van der Waals surface area contributed by atoms with Crippen LogP contribution in [0.5, 0.6) is 0 Å². The zero-order valence-electron chi connectivity index (χ0n) is 19.5. The Morgan fingerprint density at radius 1 is 1.00 bits per heavy atom. The maximum atomic E-state index is 13.2. The van der Waals surface area contributed by atoms with Crippen LogP contribution in [0.2, 0.25) is 0 Å². The molecule has 0 saturated heterocycles. The number of aliphatic carboxylic acids is 1. The van der Waals surface area contributed by atoms with Crippen LogP contribution in [-0.4, -0.2) is 33.8 Å². The van der Waals surface area contributed by atoms with E-state index in [9.17, 15) is 19.8 Å². The first kappa shape index (κ1) is 22.2. The van der Waals surface area contributed by atoms with Crippen LogP contribution in [0.4, 0.5) is 17.1 Å². The Bertz CT molecular complexity index is 1410. The van der Waals surface area contributed by atoms with E-state index >= 15 is 0 Å². The van der Waals surface area contributed by atoms with Gasteiger partial charge in [0, 0.05) is 23.3 Å². The number of hydrazone groups is 1. The molecule has 3 aromatic rings. The highest BCUT2D eigenvalue weighted by Crippen LogP contribution is 2.52. The number of rotatable bonds is 5. The molecule has 2 unspecified atom stereocenters. The third-order valence-corrected chi connectivity index (χ3v) is 7.31. The number of para-hydroxylation sites is 1. The van der Waals surface area contributed by atoms with Crippen LogP contribution in [-0.2, 0) is 16.2 Å². The van der Waals surface area contributed by atoms with Gasteiger partial charge in [-0.15, -0.1) is 0 Å². The van der Waals surface area contributed by atoms with Crippen molar-refractivity contribution in [2.24, 2.45) is 5.10 Å². The Balaban J connectivity index is 1.38. The normalized spacial score (nSPS) is 21.6. The average Bonchev–Trinajstić information content (AvgIpc) is 3.58. The number of hydrogen-bond acceptors (Lipinski definition) is 5. The van der Waals surface area contributed by atoms with Crippen molar-refractivity contribution >= 4 is 40.7 Å². The van der Waals surface area contributed by atoms with Gasteiger partial charge in [0.1, 0.15) is 0 Å². The number of benzene rings is 3. The molecule has 0 spiro atoms. The quantitative estimate of drug-likeness (QED) is 0.511. The minimum Gasteiger partial charge on any atom is -0.476 e. The van der Waals surface area contributed by atoms with Gasteiger partial charge in [-0.1, -0.05) is 42.8 Å². The molecule has 6 rings (SSSR count). The van der Waals surface area contributed by atoms with E-state index in [2.05, 4.69) is 34.3 Å². The van der Waals surface area contributed by atoms with Gasteiger partial charge in [-0.05, 0) is 72.0 Å². The summed E-state index contributed by atoms with van der Waals surface area (Å²) in [5.74, 6) is -1.31. The Hall–Kier alpha value is -4.23. The van der Waals surface area contributed by atoms with Crippen molar-refractivity contribution in [1.82, 2.24) is 0 Å². The number of carbonyl (C=O) groups excluding carboxylic acids is 1. The first-order chi connectivity index (χ1) is 17.5. The Kier molecular flexibility index (Phi) is 5.42. The Morgan fingerprint density at radius 3 is 2.50 bits per heavy atom. The minimum atomic E-state index is -1.23. The molecule has 2 aliphatic heterocycles. The summed E-state index contributed by atoms with van der Waals surface area (Å²) in [5.41, 5.74) is 5.46. The Labute approximate surface area is 208 Å². The van der Waals surface area contributed by atoms with Gasteiger partial charge in [0.05, 0.1) is 17.9 Å². The molecule has 1 fully saturated rings. The fourth-order valence-corrected chi connectivity index (χ4v) is 5.68. The predicted molar refractivity (Wildman–Crippen MR) is 138 cm³/mol. The molecule has 2 heterocycles. The van der Waals surface area contributed by atoms with E-state index in [-0.39, 0.29) is 17.9 Å². The second-order valence-corrected chi connectivity index (χ2v) is 9.38. The van der Waals surface area contributed by atoms with Crippen LogP contribution in [0.25, 0.3) is 6.08 Å². The number of aliphatic hydroxyl groups excluding tert-OH is 1. The first-order valence-electron chi connectivity index (χ1n) is 12.1. The molecule has 3 aromatic carbocycles. The molecule has 2 N–H and O–H groups in total. The molecule has 36 heavy (non-hydrogen) atoms. The second-order valence-electron chi connectivity index (χ2n) is 9.38. The lowest BCUT2D eigenvalue weighted by molar-refractivity contribution is -0.129. The van der Waals surface area contributed by atoms with Gasteiger partial charge in [-0.3, -0.25) is 4.79 Å². The maximum absolute atomic E-state index is 13.2. The van der Waals surface area contributed by atoms with Gasteiger partial charge in [0.15, 0.2) is 5.71 Å². The van der Waals surface area contributed by atoms with E-state index in [1.165, 1.54) is 5.56 Å². The van der Waals surface area contributed by atoms with E-state index in [0.29, 0.717) is 17.6 Å². The summed E-state index contributed by atoms with van der Waals surface area (Å²) in [4.78, 5) is 27.5. The molecule has 7 heteroatoms. The second kappa shape index (κ2) is 8.77. The predicted octanol–water partition coefficient (Wildman–Crippen LogP) is 4.84. The van der Waals surface area contributed by atoms with Crippen molar-refractivity contribution in [2.75, 3.05) is 9.91 Å². The molecule has 2 atom stereocenters. The third kappa shape index (κ3) is 3.60. The zero-order valence-corrected chi connectivity index (χ0v) is 19.5. The van der Waals surface area contributed by atoms with Crippen LogP contribution in [0.3, 0.4) is 0 Å². The van der Waals surface area contributed by atoms with Crippen molar-refractivity contribution in [3.8, 4) is 0 Å². The molecule has 1 saturated carbocycles. The highest BCUT2D eigenvalue weighted by Gasteiger charge is 2.42. The first-order valence-corrected chi connectivity index (χ1v) is 12.1. The van der Waals surface area contributed by atoms with Crippen molar-refractivity contribution in [2.45, 2.75) is 37.8 Å². The number of anilines is 3. The minimum absolute atomic E-state index is 0.0169. The number of fused-ring (bicyclic) bond motifs is 3. The molecule has 0 aromatic heterocycles. The summed E-state index contributed by atoms with van der Waals surface area (Å²) >= 11 is 0. The SMILES string of the molecule is O=C(O)C1=NN(c2ccccc2)C(=O)C1=Cc1ccc2c(c1)C1CCCC1N2c1ccc(CO)cc1. The monoisotopic (exact) mass is 479 g/mol. The van der Waals surface area contributed by atoms with Gasteiger partial charge in [0.25, 0.3) is 5.91 Å². The summed E-state index contributed by atoms with van der Waals surface area (Å²) in [5, 5.41) is 24.4. The molecule has 7 nitrogen and oxygen atoms in total.